The number of ether oxygens (including phenoxy) is 1. The Morgan fingerprint density at radius 2 is 2.05 bits per heavy atom. The summed E-state index contributed by atoms with van der Waals surface area (Å²) in [5.74, 6) is -0.407. The SMILES string of the molecule is CC1CN(C(=O)c2ccc(Br)c(C(F)(F)F)c2)C(C)CO1. The highest BCUT2D eigenvalue weighted by molar-refractivity contribution is 9.10. The second-order valence-corrected chi connectivity index (χ2v) is 6.00. The lowest BCUT2D eigenvalue weighted by Gasteiger charge is -2.37. The molecule has 0 aromatic heterocycles. The first-order chi connectivity index (χ1) is 9.70. The second-order valence-electron chi connectivity index (χ2n) is 5.14. The average molecular weight is 366 g/mol. The van der Waals surface area contributed by atoms with Crippen molar-refractivity contribution in [1.82, 2.24) is 4.90 Å². The first kappa shape index (κ1) is 16.3. The summed E-state index contributed by atoms with van der Waals surface area (Å²) in [4.78, 5) is 14.0. The maximum Gasteiger partial charge on any atom is 0.417 e. The van der Waals surface area contributed by atoms with Gasteiger partial charge in [0.1, 0.15) is 0 Å². The molecule has 0 radical (unpaired) electrons. The van der Waals surface area contributed by atoms with Crippen LogP contribution in [0, 0.1) is 0 Å². The lowest BCUT2D eigenvalue weighted by atomic mass is 10.1. The number of nitrogens with zero attached hydrogens (tertiary/aromatic N) is 1. The third-order valence-corrected chi connectivity index (χ3v) is 4.08. The smallest absolute Gasteiger partial charge is 0.375 e. The van der Waals surface area contributed by atoms with Gasteiger partial charge in [-0.15, -0.1) is 0 Å². The number of hydrogen-bond acceptors (Lipinski definition) is 2. The van der Waals surface area contributed by atoms with Gasteiger partial charge in [0, 0.05) is 16.6 Å². The zero-order valence-electron chi connectivity index (χ0n) is 11.6. The van der Waals surface area contributed by atoms with E-state index in [1.54, 1.807) is 4.90 Å². The molecule has 0 aliphatic carbocycles. The van der Waals surface area contributed by atoms with Crippen molar-refractivity contribution in [2.75, 3.05) is 13.2 Å². The lowest BCUT2D eigenvalue weighted by Crippen LogP contribution is -2.50. The average Bonchev–Trinajstić information content (AvgIpc) is 2.40. The van der Waals surface area contributed by atoms with Crippen LogP contribution in [0.15, 0.2) is 22.7 Å². The fraction of sp³-hybridized carbons (Fsp3) is 0.500. The molecule has 1 amide bonds. The van der Waals surface area contributed by atoms with Crippen LogP contribution in [0.3, 0.4) is 0 Å². The van der Waals surface area contributed by atoms with Gasteiger partial charge in [0.15, 0.2) is 0 Å². The Bertz CT molecular complexity index is 548. The Morgan fingerprint density at radius 3 is 2.67 bits per heavy atom. The molecule has 1 fully saturated rings. The highest BCUT2D eigenvalue weighted by atomic mass is 79.9. The van der Waals surface area contributed by atoms with Gasteiger partial charge in [-0.05, 0) is 32.0 Å². The minimum Gasteiger partial charge on any atom is -0.375 e. The number of carbonyl (C=O) groups is 1. The number of hydrogen-bond donors (Lipinski definition) is 0. The zero-order valence-corrected chi connectivity index (χ0v) is 13.2. The predicted molar refractivity (Wildman–Crippen MR) is 75.1 cm³/mol. The second kappa shape index (κ2) is 5.96. The van der Waals surface area contributed by atoms with Crippen molar-refractivity contribution in [2.24, 2.45) is 0 Å². The van der Waals surface area contributed by atoms with Crippen LogP contribution in [0.5, 0.6) is 0 Å². The van der Waals surface area contributed by atoms with Gasteiger partial charge in [-0.1, -0.05) is 15.9 Å². The van der Waals surface area contributed by atoms with Gasteiger partial charge in [0.05, 0.1) is 24.3 Å². The van der Waals surface area contributed by atoms with Crippen LogP contribution in [-0.4, -0.2) is 36.1 Å². The van der Waals surface area contributed by atoms with Crippen LogP contribution in [0.1, 0.15) is 29.8 Å². The van der Waals surface area contributed by atoms with Crippen LogP contribution < -0.4 is 0 Å². The molecule has 2 unspecified atom stereocenters. The van der Waals surface area contributed by atoms with Crippen molar-refractivity contribution in [1.29, 1.82) is 0 Å². The number of carbonyl (C=O) groups excluding carboxylic acids is 1. The summed E-state index contributed by atoms with van der Waals surface area (Å²) in [6.07, 6.45) is -4.62. The molecule has 116 valence electrons. The van der Waals surface area contributed by atoms with Gasteiger partial charge in [-0.3, -0.25) is 4.79 Å². The van der Waals surface area contributed by atoms with Crippen molar-refractivity contribution in [3.63, 3.8) is 0 Å². The van der Waals surface area contributed by atoms with E-state index in [9.17, 15) is 18.0 Å². The van der Waals surface area contributed by atoms with Crippen LogP contribution in [0.4, 0.5) is 13.2 Å². The Kier molecular flexibility index (Phi) is 4.63. The highest BCUT2D eigenvalue weighted by Crippen LogP contribution is 2.35. The van der Waals surface area contributed by atoms with E-state index in [-0.39, 0.29) is 22.2 Å². The van der Waals surface area contributed by atoms with Crippen LogP contribution in [-0.2, 0) is 10.9 Å². The van der Waals surface area contributed by atoms with Gasteiger partial charge in [0.2, 0.25) is 0 Å². The van der Waals surface area contributed by atoms with Gasteiger partial charge < -0.3 is 9.64 Å². The minimum atomic E-state index is -4.50. The molecule has 1 aliphatic rings. The van der Waals surface area contributed by atoms with Gasteiger partial charge in [-0.2, -0.15) is 13.2 Å². The third-order valence-electron chi connectivity index (χ3n) is 3.39. The Labute approximate surface area is 129 Å². The number of rotatable bonds is 1. The molecule has 1 saturated heterocycles. The number of morpholine rings is 1. The molecule has 2 rings (SSSR count). The summed E-state index contributed by atoms with van der Waals surface area (Å²) < 4.78 is 44.0. The molecular formula is C14H15BrF3NO2. The molecule has 1 aliphatic heterocycles. The largest absolute Gasteiger partial charge is 0.417 e. The molecule has 0 bridgehead atoms. The van der Waals surface area contributed by atoms with Crippen LogP contribution in [0.25, 0.3) is 0 Å². The molecular weight excluding hydrogens is 351 g/mol. The van der Waals surface area contributed by atoms with E-state index < -0.39 is 17.6 Å². The quantitative estimate of drug-likeness (QED) is 0.758. The summed E-state index contributed by atoms with van der Waals surface area (Å²) in [6.45, 7) is 4.40. The van der Waals surface area contributed by atoms with E-state index in [2.05, 4.69) is 15.9 Å². The van der Waals surface area contributed by atoms with Crippen LogP contribution >= 0.6 is 15.9 Å². The van der Waals surface area contributed by atoms with E-state index in [0.29, 0.717) is 13.2 Å². The fourth-order valence-corrected chi connectivity index (χ4v) is 2.70. The van der Waals surface area contributed by atoms with Crippen molar-refractivity contribution < 1.29 is 22.7 Å². The number of alkyl halides is 3. The molecule has 1 heterocycles. The maximum absolute atomic E-state index is 12.9. The monoisotopic (exact) mass is 365 g/mol. The summed E-state index contributed by atoms with van der Waals surface area (Å²) in [6, 6.07) is 3.38. The third kappa shape index (κ3) is 3.58. The van der Waals surface area contributed by atoms with Crippen molar-refractivity contribution in [2.45, 2.75) is 32.2 Å². The molecule has 0 spiro atoms. The topological polar surface area (TPSA) is 29.5 Å². The standard InChI is InChI=1S/C14H15BrF3NO2/c1-8-7-21-9(2)6-19(8)13(20)10-3-4-12(15)11(5-10)14(16,17)18/h3-5,8-9H,6-7H2,1-2H3. The first-order valence-electron chi connectivity index (χ1n) is 6.49. The van der Waals surface area contributed by atoms with Crippen LogP contribution in [0.2, 0.25) is 0 Å². The Morgan fingerprint density at radius 1 is 1.38 bits per heavy atom. The van der Waals surface area contributed by atoms with Crippen molar-refractivity contribution in [3.05, 3.63) is 33.8 Å². The molecule has 0 saturated carbocycles. The van der Waals surface area contributed by atoms with E-state index in [0.717, 1.165) is 6.07 Å². The summed E-state index contributed by atoms with van der Waals surface area (Å²) in [5, 5.41) is 0. The van der Waals surface area contributed by atoms with E-state index in [1.165, 1.54) is 12.1 Å². The Balaban J connectivity index is 2.31. The van der Waals surface area contributed by atoms with Crippen molar-refractivity contribution >= 4 is 21.8 Å². The Hall–Kier alpha value is -1.08. The number of amides is 1. The molecule has 7 heteroatoms. The number of benzene rings is 1. The van der Waals surface area contributed by atoms with E-state index in [1.807, 2.05) is 13.8 Å². The molecule has 1 aromatic carbocycles. The molecule has 21 heavy (non-hydrogen) atoms. The predicted octanol–water partition coefficient (Wildman–Crippen LogP) is 3.72. The van der Waals surface area contributed by atoms with Crippen molar-refractivity contribution in [3.8, 4) is 0 Å². The van der Waals surface area contributed by atoms with Gasteiger partial charge in [0.25, 0.3) is 5.91 Å². The normalized spacial score (nSPS) is 23.2. The van der Waals surface area contributed by atoms with Gasteiger partial charge in [-0.25, -0.2) is 0 Å². The van der Waals surface area contributed by atoms with Gasteiger partial charge >= 0.3 is 6.18 Å². The minimum absolute atomic E-state index is 0.0338. The highest BCUT2D eigenvalue weighted by Gasteiger charge is 2.35. The summed E-state index contributed by atoms with van der Waals surface area (Å²) in [5.41, 5.74) is -0.811. The molecule has 2 atom stereocenters. The molecule has 1 aromatic rings. The van der Waals surface area contributed by atoms with E-state index in [4.69, 9.17) is 4.74 Å². The maximum atomic E-state index is 12.9. The lowest BCUT2D eigenvalue weighted by molar-refractivity contribution is -0.138. The molecule has 0 N–H and O–H groups in total. The first-order valence-corrected chi connectivity index (χ1v) is 7.28. The summed E-state index contributed by atoms with van der Waals surface area (Å²) >= 11 is 2.87. The molecule has 3 nitrogen and oxygen atoms in total. The fourth-order valence-electron chi connectivity index (χ4n) is 2.23. The zero-order chi connectivity index (χ0) is 15.8. The number of halogens is 4. The van der Waals surface area contributed by atoms with E-state index >= 15 is 0 Å². The summed E-state index contributed by atoms with van der Waals surface area (Å²) in [7, 11) is 0.